The molecule has 5 nitrogen and oxygen atoms in total. The maximum absolute atomic E-state index is 12.9. The van der Waals surface area contributed by atoms with Crippen LogP contribution in [0, 0.1) is 13.8 Å². The molecule has 146 valence electrons. The maximum atomic E-state index is 12.9. The summed E-state index contributed by atoms with van der Waals surface area (Å²) in [6.45, 7) is 3.91. The van der Waals surface area contributed by atoms with Gasteiger partial charge < -0.3 is 15.7 Å². The lowest BCUT2D eigenvalue weighted by atomic mass is 10.1. The third-order valence-corrected chi connectivity index (χ3v) is 4.31. The standard InChI is InChI=1S/C24H22N2O3/c1-16-3-9-19(10-4-16)25-23(28)22(15-18-7-13-21(27)14-8-18)24(29)26-20-11-5-17(2)6-12-20/h3-15,27H,1-2H3,(H,25,28)(H,26,29). The van der Waals surface area contributed by atoms with Crippen molar-refractivity contribution in [2.45, 2.75) is 13.8 Å². The van der Waals surface area contributed by atoms with E-state index in [1.54, 1.807) is 36.4 Å². The van der Waals surface area contributed by atoms with Crippen molar-refractivity contribution in [2.24, 2.45) is 0 Å². The number of rotatable bonds is 5. The van der Waals surface area contributed by atoms with Gasteiger partial charge in [-0.3, -0.25) is 9.59 Å². The minimum absolute atomic E-state index is 0.0446. The fraction of sp³-hybridized carbons (Fsp3) is 0.0833. The maximum Gasteiger partial charge on any atom is 0.261 e. The van der Waals surface area contributed by atoms with Crippen LogP contribution in [0.15, 0.2) is 78.4 Å². The van der Waals surface area contributed by atoms with Gasteiger partial charge in [-0.2, -0.15) is 0 Å². The second kappa shape index (κ2) is 8.89. The second-order valence-corrected chi connectivity index (χ2v) is 6.79. The molecule has 0 aromatic heterocycles. The molecular weight excluding hydrogens is 364 g/mol. The number of phenols is 1. The molecule has 0 atom stereocenters. The number of hydrogen-bond donors (Lipinski definition) is 3. The fourth-order valence-electron chi connectivity index (χ4n) is 2.64. The molecule has 0 aliphatic rings. The molecule has 3 aromatic carbocycles. The lowest BCUT2D eigenvalue weighted by Crippen LogP contribution is -2.25. The average molecular weight is 386 g/mol. The Morgan fingerprint density at radius 1 is 0.690 bits per heavy atom. The summed E-state index contributed by atoms with van der Waals surface area (Å²) in [5, 5.41) is 15.0. The average Bonchev–Trinajstić information content (AvgIpc) is 2.71. The topological polar surface area (TPSA) is 78.4 Å². The van der Waals surface area contributed by atoms with Crippen molar-refractivity contribution in [1.82, 2.24) is 0 Å². The lowest BCUT2D eigenvalue weighted by molar-refractivity contribution is -0.118. The molecule has 3 N–H and O–H groups in total. The van der Waals surface area contributed by atoms with E-state index in [1.165, 1.54) is 18.2 Å². The Hall–Kier alpha value is -3.86. The summed E-state index contributed by atoms with van der Waals surface area (Å²) in [6, 6.07) is 20.9. The molecule has 0 radical (unpaired) electrons. The van der Waals surface area contributed by atoms with Gasteiger partial charge in [0.25, 0.3) is 11.8 Å². The van der Waals surface area contributed by atoms with Gasteiger partial charge in [0, 0.05) is 11.4 Å². The Morgan fingerprint density at radius 3 is 1.52 bits per heavy atom. The molecule has 0 unspecified atom stereocenters. The van der Waals surface area contributed by atoms with E-state index in [4.69, 9.17) is 0 Å². The van der Waals surface area contributed by atoms with Crippen LogP contribution >= 0.6 is 0 Å². The van der Waals surface area contributed by atoms with E-state index < -0.39 is 11.8 Å². The molecule has 0 spiro atoms. The summed E-state index contributed by atoms with van der Waals surface area (Å²) in [6.07, 6.45) is 1.49. The van der Waals surface area contributed by atoms with Crippen LogP contribution < -0.4 is 10.6 Å². The zero-order chi connectivity index (χ0) is 20.8. The highest BCUT2D eigenvalue weighted by molar-refractivity contribution is 6.28. The van der Waals surface area contributed by atoms with E-state index in [0.717, 1.165) is 11.1 Å². The van der Waals surface area contributed by atoms with E-state index >= 15 is 0 Å². The van der Waals surface area contributed by atoms with Crippen molar-refractivity contribution in [3.05, 3.63) is 95.1 Å². The van der Waals surface area contributed by atoms with E-state index in [9.17, 15) is 14.7 Å². The second-order valence-electron chi connectivity index (χ2n) is 6.79. The summed E-state index contributed by atoms with van der Waals surface area (Å²) in [5.41, 5.74) is 3.91. The Labute approximate surface area is 169 Å². The van der Waals surface area contributed by atoms with Crippen LogP contribution in [-0.2, 0) is 9.59 Å². The number of aromatic hydroxyl groups is 1. The molecule has 2 amide bonds. The molecule has 0 bridgehead atoms. The zero-order valence-corrected chi connectivity index (χ0v) is 16.3. The van der Waals surface area contributed by atoms with Gasteiger partial charge in [0.1, 0.15) is 11.3 Å². The monoisotopic (exact) mass is 386 g/mol. The SMILES string of the molecule is Cc1ccc(NC(=O)C(=Cc2ccc(O)cc2)C(=O)Nc2ccc(C)cc2)cc1. The molecule has 29 heavy (non-hydrogen) atoms. The van der Waals surface area contributed by atoms with Gasteiger partial charge >= 0.3 is 0 Å². The van der Waals surface area contributed by atoms with Crippen LogP contribution in [-0.4, -0.2) is 16.9 Å². The fourth-order valence-corrected chi connectivity index (χ4v) is 2.64. The quantitative estimate of drug-likeness (QED) is 0.339. The van der Waals surface area contributed by atoms with Gasteiger partial charge in [0.05, 0.1) is 0 Å². The number of hydrogen-bond acceptors (Lipinski definition) is 3. The Morgan fingerprint density at radius 2 is 1.10 bits per heavy atom. The van der Waals surface area contributed by atoms with Gasteiger partial charge in [-0.05, 0) is 61.9 Å². The first-order chi connectivity index (χ1) is 13.9. The first kappa shape index (κ1) is 19.9. The van der Waals surface area contributed by atoms with Crippen LogP contribution in [0.1, 0.15) is 16.7 Å². The van der Waals surface area contributed by atoms with Gasteiger partial charge in [-0.25, -0.2) is 0 Å². The molecule has 5 heteroatoms. The lowest BCUT2D eigenvalue weighted by Gasteiger charge is -2.11. The highest BCUT2D eigenvalue weighted by Crippen LogP contribution is 2.17. The molecule has 0 fully saturated rings. The van der Waals surface area contributed by atoms with Crippen molar-refractivity contribution >= 4 is 29.3 Å². The van der Waals surface area contributed by atoms with Crippen LogP contribution in [0.2, 0.25) is 0 Å². The number of benzene rings is 3. The van der Waals surface area contributed by atoms with Crippen LogP contribution in [0.3, 0.4) is 0 Å². The van der Waals surface area contributed by atoms with Crippen molar-refractivity contribution in [1.29, 1.82) is 0 Å². The molecule has 0 aliphatic heterocycles. The Balaban J connectivity index is 1.88. The van der Waals surface area contributed by atoms with E-state index in [0.29, 0.717) is 16.9 Å². The van der Waals surface area contributed by atoms with Crippen molar-refractivity contribution in [3.63, 3.8) is 0 Å². The van der Waals surface area contributed by atoms with Crippen LogP contribution in [0.5, 0.6) is 5.75 Å². The number of carbonyl (C=O) groups is 2. The summed E-state index contributed by atoms with van der Waals surface area (Å²) in [4.78, 5) is 25.7. The van der Waals surface area contributed by atoms with E-state index in [-0.39, 0.29) is 11.3 Å². The van der Waals surface area contributed by atoms with Crippen molar-refractivity contribution in [2.75, 3.05) is 10.6 Å². The number of phenolic OH excluding ortho intramolecular Hbond substituents is 1. The first-order valence-corrected chi connectivity index (χ1v) is 9.17. The van der Waals surface area contributed by atoms with E-state index in [2.05, 4.69) is 10.6 Å². The molecule has 0 saturated heterocycles. The zero-order valence-electron chi connectivity index (χ0n) is 16.3. The summed E-state index contributed by atoms with van der Waals surface area (Å²) in [7, 11) is 0. The summed E-state index contributed by atoms with van der Waals surface area (Å²) >= 11 is 0. The van der Waals surface area contributed by atoms with Crippen molar-refractivity contribution < 1.29 is 14.7 Å². The highest BCUT2D eigenvalue weighted by atomic mass is 16.3. The smallest absolute Gasteiger partial charge is 0.261 e. The van der Waals surface area contributed by atoms with Gasteiger partial charge in [0.2, 0.25) is 0 Å². The van der Waals surface area contributed by atoms with Gasteiger partial charge in [-0.15, -0.1) is 0 Å². The first-order valence-electron chi connectivity index (χ1n) is 9.17. The summed E-state index contributed by atoms with van der Waals surface area (Å²) < 4.78 is 0. The highest BCUT2D eigenvalue weighted by Gasteiger charge is 2.19. The third-order valence-electron chi connectivity index (χ3n) is 4.31. The molecule has 3 aromatic rings. The number of anilines is 2. The minimum Gasteiger partial charge on any atom is -0.508 e. The Kier molecular flexibility index (Phi) is 6.09. The largest absolute Gasteiger partial charge is 0.508 e. The van der Waals surface area contributed by atoms with Crippen LogP contribution in [0.4, 0.5) is 11.4 Å². The predicted octanol–water partition coefficient (Wildman–Crippen LogP) is 4.67. The molecule has 0 aliphatic carbocycles. The van der Waals surface area contributed by atoms with Crippen molar-refractivity contribution in [3.8, 4) is 5.75 Å². The minimum atomic E-state index is -0.522. The number of nitrogens with one attached hydrogen (secondary N) is 2. The molecule has 3 rings (SSSR count). The Bertz CT molecular complexity index is 973. The number of carbonyl (C=O) groups excluding carboxylic acids is 2. The normalized spacial score (nSPS) is 10.1. The molecule has 0 saturated carbocycles. The van der Waals surface area contributed by atoms with Crippen LogP contribution in [0.25, 0.3) is 6.08 Å². The molecular formula is C24H22N2O3. The van der Waals surface area contributed by atoms with Gasteiger partial charge in [-0.1, -0.05) is 47.5 Å². The number of aryl methyl sites for hydroxylation is 2. The predicted molar refractivity (Wildman–Crippen MR) is 116 cm³/mol. The molecule has 0 heterocycles. The third kappa shape index (κ3) is 5.56. The number of amides is 2. The summed E-state index contributed by atoms with van der Waals surface area (Å²) in [5.74, 6) is -0.935. The van der Waals surface area contributed by atoms with E-state index in [1.807, 2.05) is 38.1 Å². The van der Waals surface area contributed by atoms with Gasteiger partial charge in [0.15, 0.2) is 0 Å².